The van der Waals surface area contributed by atoms with Crippen molar-refractivity contribution in [2.24, 2.45) is 0 Å². The molecule has 1 rings (SSSR count). The third-order valence-electron chi connectivity index (χ3n) is 2.63. The van der Waals surface area contributed by atoms with E-state index in [9.17, 15) is 0 Å². The molecule has 0 N–H and O–H groups in total. The molecule has 0 spiro atoms. The highest BCUT2D eigenvalue weighted by molar-refractivity contribution is 5.27. The van der Waals surface area contributed by atoms with E-state index < -0.39 is 0 Å². The highest BCUT2D eigenvalue weighted by Gasteiger charge is 1.91. The van der Waals surface area contributed by atoms with Crippen molar-refractivity contribution in [3.63, 3.8) is 0 Å². The number of rotatable bonds is 0. The van der Waals surface area contributed by atoms with Gasteiger partial charge in [-0.05, 0) is 39.5 Å². The summed E-state index contributed by atoms with van der Waals surface area (Å²) in [7, 11) is 0. The predicted molar refractivity (Wildman–Crippen MR) is 64.4 cm³/mol. The molecule has 0 atom stereocenters. The highest BCUT2D eigenvalue weighted by Crippen LogP contribution is 2.11. The van der Waals surface area contributed by atoms with Crippen LogP contribution in [0.5, 0.6) is 0 Å². The summed E-state index contributed by atoms with van der Waals surface area (Å²) < 4.78 is 0. The van der Waals surface area contributed by atoms with Crippen molar-refractivity contribution in [3.05, 3.63) is 35.5 Å². The lowest BCUT2D eigenvalue weighted by atomic mass is 10.1. The van der Waals surface area contributed by atoms with Crippen LogP contribution in [-0.4, -0.2) is 0 Å². The van der Waals surface area contributed by atoms with Crippen LogP contribution in [0, 0.1) is 0 Å². The second-order valence-corrected chi connectivity index (χ2v) is 4.23. The van der Waals surface area contributed by atoms with E-state index in [1.165, 1.54) is 49.7 Å². The van der Waals surface area contributed by atoms with Gasteiger partial charge in [-0.15, -0.1) is 0 Å². The average molecular weight is 190 g/mol. The molecule has 0 nitrogen and oxygen atoms in total. The van der Waals surface area contributed by atoms with Gasteiger partial charge in [0.1, 0.15) is 0 Å². The van der Waals surface area contributed by atoms with Crippen LogP contribution in [0.4, 0.5) is 0 Å². The van der Waals surface area contributed by atoms with Gasteiger partial charge < -0.3 is 0 Å². The molecule has 1 aliphatic rings. The van der Waals surface area contributed by atoms with Crippen molar-refractivity contribution < 1.29 is 0 Å². The van der Waals surface area contributed by atoms with Crippen LogP contribution in [0.3, 0.4) is 0 Å². The van der Waals surface area contributed by atoms with Crippen molar-refractivity contribution in [2.45, 2.75) is 52.4 Å². The van der Waals surface area contributed by atoms with E-state index in [0.29, 0.717) is 0 Å². The van der Waals surface area contributed by atoms with Crippen molar-refractivity contribution in [1.29, 1.82) is 0 Å². The number of hydrogen-bond acceptors (Lipinski definition) is 0. The molecule has 0 aromatic rings. The van der Waals surface area contributed by atoms with E-state index in [-0.39, 0.29) is 0 Å². The van der Waals surface area contributed by atoms with Crippen LogP contribution in [0.2, 0.25) is 0 Å². The molecule has 0 saturated carbocycles. The Balaban J connectivity index is 2.61. The third-order valence-corrected chi connectivity index (χ3v) is 2.63. The van der Waals surface area contributed by atoms with Gasteiger partial charge in [0.05, 0.1) is 0 Å². The first-order valence-electron chi connectivity index (χ1n) is 5.80. The van der Waals surface area contributed by atoms with E-state index in [2.05, 4.69) is 38.2 Å². The monoisotopic (exact) mass is 190 g/mol. The van der Waals surface area contributed by atoms with Gasteiger partial charge in [0.2, 0.25) is 0 Å². The minimum absolute atomic E-state index is 1.24. The molecule has 0 amide bonds. The Morgan fingerprint density at radius 1 is 0.857 bits per heavy atom. The first kappa shape index (κ1) is 11.3. The highest BCUT2D eigenvalue weighted by atomic mass is 14.0. The lowest BCUT2D eigenvalue weighted by Crippen LogP contribution is -1.81. The van der Waals surface area contributed by atoms with E-state index in [0.717, 1.165) is 0 Å². The SMILES string of the molecule is CC1=C/C(C)=C/CCCCCC\C=C\1. The zero-order valence-corrected chi connectivity index (χ0v) is 9.55. The standard InChI is InChI=1S/C14H22/c1-13-10-8-6-4-3-5-7-9-11-14(2)12-13/h8,10-12H,3-7,9H2,1-2H3/b10-8+,13-12-,14-11+. The quantitative estimate of drug-likeness (QED) is 0.515. The van der Waals surface area contributed by atoms with Gasteiger partial charge in [0.25, 0.3) is 0 Å². The molecular weight excluding hydrogens is 168 g/mol. The van der Waals surface area contributed by atoms with Crippen LogP contribution in [0.15, 0.2) is 35.5 Å². The molecule has 0 fully saturated rings. The Labute approximate surface area is 88.4 Å². The maximum absolute atomic E-state index is 2.36. The van der Waals surface area contributed by atoms with Crippen molar-refractivity contribution in [1.82, 2.24) is 0 Å². The van der Waals surface area contributed by atoms with Crippen LogP contribution in [0.25, 0.3) is 0 Å². The fraction of sp³-hybridized carbons (Fsp3) is 0.571. The first-order chi connectivity index (χ1) is 6.79. The topological polar surface area (TPSA) is 0 Å². The molecule has 1 aliphatic carbocycles. The number of hydrogen-bond donors (Lipinski definition) is 0. The van der Waals surface area contributed by atoms with Gasteiger partial charge in [-0.2, -0.15) is 0 Å². The Bertz CT molecular complexity index is 241. The van der Waals surface area contributed by atoms with Crippen LogP contribution in [0.1, 0.15) is 52.4 Å². The fourth-order valence-corrected chi connectivity index (χ4v) is 1.83. The summed E-state index contributed by atoms with van der Waals surface area (Å²) in [5.41, 5.74) is 2.78. The van der Waals surface area contributed by atoms with E-state index in [1.807, 2.05) is 0 Å². The molecule has 0 heteroatoms. The van der Waals surface area contributed by atoms with Gasteiger partial charge in [-0.25, -0.2) is 0 Å². The lowest BCUT2D eigenvalue weighted by molar-refractivity contribution is 0.651. The summed E-state index contributed by atoms with van der Waals surface area (Å²) in [5, 5.41) is 0. The van der Waals surface area contributed by atoms with Crippen LogP contribution in [-0.2, 0) is 0 Å². The lowest BCUT2D eigenvalue weighted by Gasteiger charge is -2.01. The third kappa shape index (κ3) is 5.06. The van der Waals surface area contributed by atoms with Crippen molar-refractivity contribution in [2.75, 3.05) is 0 Å². The Morgan fingerprint density at radius 2 is 1.57 bits per heavy atom. The van der Waals surface area contributed by atoms with Gasteiger partial charge in [-0.1, -0.05) is 48.3 Å². The summed E-state index contributed by atoms with van der Waals surface area (Å²) in [6.07, 6.45) is 17.2. The molecule has 14 heavy (non-hydrogen) atoms. The molecular formula is C14H22. The molecule has 0 aromatic heterocycles. The normalized spacial score (nSPS) is 30.1. The zero-order chi connectivity index (χ0) is 10.2. The number of allylic oxidation sites excluding steroid dienone is 6. The smallest absolute Gasteiger partial charge is 0.0345 e. The molecule has 0 aromatic carbocycles. The summed E-state index contributed by atoms with van der Waals surface area (Å²) in [6, 6.07) is 0. The maximum atomic E-state index is 2.36. The molecule has 0 unspecified atom stereocenters. The molecule has 78 valence electrons. The minimum atomic E-state index is 1.24. The van der Waals surface area contributed by atoms with E-state index in [1.54, 1.807) is 0 Å². The largest absolute Gasteiger partial charge is 0.0843 e. The zero-order valence-electron chi connectivity index (χ0n) is 9.55. The molecule has 0 saturated heterocycles. The molecule has 0 heterocycles. The summed E-state index contributed by atoms with van der Waals surface area (Å²) >= 11 is 0. The van der Waals surface area contributed by atoms with E-state index >= 15 is 0 Å². The first-order valence-corrected chi connectivity index (χ1v) is 5.80. The van der Waals surface area contributed by atoms with Crippen LogP contribution >= 0.6 is 0 Å². The molecule has 0 radical (unpaired) electrons. The van der Waals surface area contributed by atoms with Crippen molar-refractivity contribution in [3.8, 4) is 0 Å². The van der Waals surface area contributed by atoms with Gasteiger partial charge >= 0.3 is 0 Å². The van der Waals surface area contributed by atoms with Gasteiger partial charge in [-0.3, -0.25) is 0 Å². The van der Waals surface area contributed by atoms with Gasteiger partial charge in [0, 0.05) is 0 Å². The maximum Gasteiger partial charge on any atom is -0.0345 e. The predicted octanol–water partition coefficient (Wildman–Crippen LogP) is 4.79. The molecule has 0 aliphatic heterocycles. The van der Waals surface area contributed by atoms with Crippen molar-refractivity contribution >= 4 is 0 Å². The average Bonchev–Trinajstić information content (AvgIpc) is 2.13. The minimum Gasteiger partial charge on any atom is -0.0843 e. The summed E-state index contributed by atoms with van der Waals surface area (Å²) in [4.78, 5) is 0. The second-order valence-electron chi connectivity index (χ2n) is 4.23. The second kappa shape index (κ2) is 6.64. The molecule has 0 bridgehead atoms. The Morgan fingerprint density at radius 3 is 2.36 bits per heavy atom. The van der Waals surface area contributed by atoms with Crippen LogP contribution < -0.4 is 0 Å². The fourth-order valence-electron chi connectivity index (χ4n) is 1.83. The van der Waals surface area contributed by atoms with E-state index in [4.69, 9.17) is 0 Å². The summed E-state index contributed by atoms with van der Waals surface area (Å²) in [5.74, 6) is 0. The Kier molecular flexibility index (Phi) is 5.36. The summed E-state index contributed by atoms with van der Waals surface area (Å²) in [6.45, 7) is 4.38. The van der Waals surface area contributed by atoms with Gasteiger partial charge in [0.15, 0.2) is 0 Å². The Hall–Kier alpha value is -0.780.